The van der Waals surface area contributed by atoms with E-state index in [0.717, 1.165) is 6.42 Å². The van der Waals surface area contributed by atoms with Gasteiger partial charge in [-0.05, 0) is 17.5 Å². The number of carbonyl (C=O) groups excluding carboxylic acids is 1. The average molecular weight is 311 g/mol. The molecule has 2 aromatic carbocycles. The number of aliphatic carboxylic acids is 1. The van der Waals surface area contributed by atoms with Crippen molar-refractivity contribution in [2.75, 3.05) is 6.54 Å². The zero-order valence-electron chi connectivity index (χ0n) is 12.9. The third-order valence-corrected chi connectivity index (χ3v) is 3.72. The molecule has 0 aliphatic heterocycles. The van der Waals surface area contributed by atoms with E-state index >= 15 is 0 Å². The molecular weight excluding hydrogens is 290 g/mol. The van der Waals surface area contributed by atoms with Crippen LogP contribution in [0.15, 0.2) is 60.7 Å². The van der Waals surface area contributed by atoms with Crippen LogP contribution in [-0.4, -0.2) is 23.5 Å². The number of benzene rings is 2. The van der Waals surface area contributed by atoms with Crippen LogP contribution < -0.4 is 5.32 Å². The Morgan fingerprint density at radius 2 is 1.39 bits per heavy atom. The quantitative estimate of drug-likeness (QED) is 0.787. The maximum Gasteiger partial charge on any atom is 0.303 e. The Hall–Kier alpha value is -2.62. The van der Waals surface area contributed by atoms with E-state index in [1.807, 2.05) is 36.4 Å². The topological polar surface area (TPSA) is 66.4 Å². The normalized spacial score (nSPS) is 10.5. The van der Waals surface area contributed by atoms with E-state index < -0.39 is 5.97 Å². The predicted molar refractivity (Wildman–Crippen MR) is 89.2 cm³/mol. The average Bonchev–Trinajstić information content (AvgIpc) is 2.58. The zero-order valence-corrected chi connectivity index (χ0v) is 12.9. The van der Waals surface area contributed by atoms with Crippen LogP contribution in [0.4, 0.5) is 0 Å². The molecule has 23 heavy (non-hydrogen) atoms. The van der Waals surface area contributed by atoms with Gasteiger partial charge in [0.2, 0.25) is 5.91 Å². The maximum atomic E-state index is 11.6. The third-order valence-electron chi connectivity index (χ3n) is 3.72. The van der Waals surface area contributed by atoms with Gasteiger partial charge >= 0.3 is 5.97 Å². The molecule has 0 aliphatic carbocycles. The highest BCUT2D eigenvalue weighted by Gasteiger charge is 2.14. The van der Waals surface area contributed by atoms with Gasteiger partial charge in [-0.25, -0.2) is 0 Å². The molecule has 0 aliphatic rings. The molecule has 0 radical (unpaired) electrons. The summed E-state index contributed by atoms with van der Waals surface area (Å²) in [6, 6.07) is 20.4. The Morgan fingerprint density at radius 1 is 0.870 bits per heavy atom. The summed E-state index contributed by atoms with van der Waals surface area (Å²) in [6.45, 7) is 0.521. The lowest BCUT2D eigenvalue weighted by Gasteiger charge is -2.18. The standard InChI is InChI=1S/C19H21NO3/c21-18(11-12-19(22)23)20-14-13-17(15-7-3-1-4-8-15)16-9-5-2-6-10-16/h1-10,17H,11-14H2,(H,20,21)(H,22,23). The van der Waals surface area contributed by atoms with Crippen molar-refractivity contribution in [1.29, 1.82) is 0 Å². The lowest BCUT2D eigenvalue weighted by Crippen LogP contribution is -2.26. The van der Waals surface area contributed by atoms with Crippen molar-refractivity contribution < 1.29 is 14.7 Å². The SMILES string of the molecule is O=C(O)CCC(=O)NCCC(c1ccccc1)c1ccccc1. The number of carbonyl (C=O) groups is 2. The molecule has 0 fully saturated rings. The van der Waals surface area contributed by atoms with Crippen molar-refractivity contribution in [3.8, 4) is 0 Å². The van der Waals surface area contributed by atoms with Gasteiger partial charge in [-0.2, -0.15) is 0 Å². The first kappa shape index (κ1) is 16.7. The van der Waals surface area contributed by atoms with Gasteiger partial charge in [0.25, 0.3) is 0 Å². The van der Waals surface area contributed by atoms with Gasteiger partial charge in [0.05, 0.1) is 6.42 Å². The van der Waals surface area contributed by atoms with E-state index in [1.165, 1.54) is 11.1 Å². The molecular formula is C19H21NO3. The number of carboxylic acid groups (broad SMARTS) is 1. The largest absolute Gasteiger partial charge is 0.481 e. The predicted octanol–water partition coefficient (Wildman–Crippen LogP) is 3.19. The number of amides is 1. The van der Waals surface area contributed by atoms with E-state index in [9.17, 15) is 9.59 Å². The van der Waals surface area contributed by atoms with Gasteiger partial charge < -0.3 is 10.4 Å². The summed E-state index contributed by atoms with van der Waals surface area (Å²) in [6.07, 6.45) is 0.663. The first-order valence-electron chi connectivity index (χ1n) is 7.75. The molecule has 0 saturated heterocycles. The highest BCUT2D eigenvalue weighted by atomic mass is 16.4. The summed E-state index contributed by atoms with van der Waals surface area (Å²) in [5.41, 5.74) is 2.41. The van der Waals surface area contributed by atoms with Gasteiger partial charge in [0.1, 0.15) is 0 Å². The maximum absolute atomic E-state index is 11.6. The Balaban J connectivity index is 1.97. The van der Waals surface area contributed by atoms with Crippen molar-refractivity contribution in [3.05, 3.63) is 71.8 Å². The number of hydrogen-bond donors (Lipinski definition) is 2. The molecule has 4 heteroatoms. The molecule has 0 bridgehead atoms. The van der Waals surface area contributed by atoms with E-state index in [2.05, 4.69) is 29.6 Å². The Labute approximate surface area is 136 Å². The summed E-state index contributed by atoms with van der Waals surface area (Å²) in [5.74, 6) is -0.962. The molecule has 0 spiro atoms. The molecule has 2 rings (SSSR count). The molecule has 0 aromatic heterocycles. The van der Waals surface area contributed by atoms with Gasteiger partial charge in [-0.15, -0.1) is 0 Å². The lowest BCUT2D eigenvalue weighted by atomic mass is 9.88. The molecule has 1 amide bonds. The molecule has 0 saturated carbocycles. The minimum absolute atomic E-state index is 0.0245. The second kappa shape index (κ2) is 8.73. The van der Waals surface area contributed by atoms with Crippen LogP contribution in [0.25, 0.3) is 0 Å². The highest BCUT2D eigenvalue weighted by molar-refractivity contribution is 5.80. The first-order chi connectivity index (χ1) is 11.2. The van der Waals surface area contributed by atoms with Crippen molar-refractivity contribution in [2.24, 2.45) is 0 Å². The van der Waals surface area contributed by atoms with Crippen molar-refractivity contribution in [2.45, 2.75) is 25.2 Å². The minimum Gasteiger partial charge on any atom is -0.481 e. The molecule has 0 unspecified atom stereocenters. The third kappa shape index (κ3) is 5.58. The van der Waals surface area contributed by atoms with Crippen LogP contribution in [0.1, 0.15) is 36.3 Å². The zero-order chi connectivity index (χ0) is 16.5. The van der Waals surface area contributed by atoms with Crippen LogP contribution in [-0.2, 0) is 9.59 Å². The van der Waals surface area contributed by atoms with Crippen LogP contribution in [0.5, 0.6) is 0 Å². The highest BCUT2D eigenvalue weighted by Crippen LogP contribution is 2.27. The molecule has 120 valence electrons. The van der Waals surface area contributed by atoms with E-state index in [0.29, 0.717) is 6.54 Å². The second-order valence-corrected chi connectivity index (χ2v) is 5.41. The molecule has 2 N–H and O–H groups in total. The van der Waals surface area contributed by atoms with Crippen LogP contribution >= 0.6 is 0 Å². The number of rotatable bonds is 8. The van der Waals surface area contributed by atoms with Crippen molar-refractivity contribution in [3.63, 3.8) is 0 Å². The van der Waals surface area contributed by atoms with E-state index in [1.54, 1.807) is 0 Å². The smallest absolute Gasteiger partial charge is 0.303 e. The van der Waals surface area contributed by atoms with Crippen LogP contribution in [0, 0.1) is 0 Å². The Bertz CT molecular complexity index is 586. The summed E-state index contributed by atoms with van der Waals surface area (Å²) in [4.78, 5) is 22.1. The number of hydrogen-bond acceptors (Lipinski definition) is 2. The number of carboxylic acids is 1. The van der Waals surface area contributed by atoms with Gasteiger partial charge in [-0.3, -0.25) is 9.59 Å². The first-order valence-corrected chi connectivity index (χ1v) is 7.75. The minimum atomic E-state index is -0.952. The van der Waals surface area contributed by atoms with Gasteiger partial charge in [-0.1, -0.05) is 60.7 Å². The fourth-order valence-corrected chi connectivity index (χ4v) is 2.56. The summed E-state index contributed by atoms with van der Waals surface area (Å²) >= 11 is 0. The molecule has 2 aromatic rings. The van der Waals surface area contributed by atoms with E-state index in [-0.39, 0.29) is 24.7 Å². The monoisotopic (exact) mass is 311 g/mol. The van der Waals surface area contributed by atoms with Crippen molar-refractivity contribution in [1.82, 2.24) is 5.32 Å². The van der Waals surface area contributed by atoms with Crippen molar-refractivity contribution >= 4 is 11.9 Å². The molecule has 0 heterocycles. The van der Waals surface area contributed by atoms with Crippen LogP contribution in [0.3, 0.4) is 0 Å². The Morgan fingerprint density at radius 3 is 1.87 bits per heavy atom. The molecule has 0 atom stereocenters. The van der Waals surface area contributed by atoms with Crippen LogP contribution in [0.2, 0.25) is 0 Å². The van der Waals surface area contributed by atoms with Gasteiger partial charge in [0.15, 0.2) is 0 Å². The fraction of sp³-hybridized carbons (Fsp3) is 0.263. The summed E-state index contributed by atoms with van der Waals surface area (Å²) < 4.78 is 0. The summed E-state index contributed by atoms with van der Waals surface area (Å²) in [7, 11) is 0. The number of nitrogens with one attached hydrogen (secondary N) is 1. The second-order valence-electron chi connectivity index (χ2n) is 5.41. The summed E-state index contributed by atoms with van der Waals surface area (Å²) in [5, 5.41) is 11.4. The van der Waals surface area contributed by atoms with E-state index in [4.69, 9.17) is 5.11 Å². The fourth-order valence-electron chi connectivity index (χ4n) is 2.56. The van der Waals surface area contributed by atoms with Gasteiger partial charge in [0, 0.05) is 18.9 Å². The lowest BCUT2D eigenvalue weighted by molar-refractivity contribution is -0.138. The molecule has 4 nitrogen and oxygen atoms in total. The Kier molecular flexibility index (Phi) is 6.36.